The van der Waals surface area contributed by atoms with Crippen LogP contribution in [0.15, 0.2) is 36.7 Å². The van der Waals surface area contributed by atoms with Crippen LogP contribution in [-0.2, 0) is 0 Å². The summed E-state index contributed by atoms with van der Waals surface area (Å²) < 4.78 is 0. The monoisotopic (exact) mass is 172 g/mol. The maximum Gasteiger partial charge on any atom is 0.0445 e. The lowest BCUT2D eigenvalue weighted by atomic mass is 10.1. The lowest BCUT2D eigenvalue weighted by Gasteiger charge is -2.08. The van der Waals surface area contributed by atoms with E-state index in [1.807, 2.05) is 19.3 Å². The van der Waals surface area contributed by atoms with Gasteiger partial charge in [-0.05, 0) is 18.1 Å². The fourth-order valence-corrected chi connectivity index (χ4v) is 1.52. The average molecular weight is 172 g/mol. The van der Waals surface area contributed by atoms with E-state index in [9.17, 15) is 0 Å². The fourth-order valence-electron chi connectivity index (χ4n) is 1.52. The second kappa shape index (κ2) is 3.44. The first-order valence-corrected chi connectivity index (χ1v) is 4.39. The van der Waals surface area contributed by atoms with Gasteiger partial charge in [0.05, 0.1) is 0 Å². The number of rotatable bonds is 2. The van der Waals surface area contributed by atoms with Crippen LogP contribution in [0.4, 0.5) is 5.69 Å². The van der Waals surface area contributed by atoms with Gasteiger partial charge in [0.2, 0.25) is 0 Å². The smallest absolute Gasteiger partial charge is 0.0445 e. The number of nitrogens with one attached hydrogen (secondary N) is 1. The van der Waals surface area contributed by atoms with Crippen molar-refractivity contribution in [1.82, 2.24) is 4.98 Å². The zero-order valence-corrected chi connectivity index (χ0v) is 7.62. The number of nitrogens with zero attached hydrogens (tertiary/aromatic N) is 1. The van der Waals surface area contributed by atoms with Gasteiger partial charge in [0.1, 0.15) is 0 Å². The van der Waals surface area contributed by atoms with Crippen LogP contribution in [0.25, 0.3) is 5.57 Å². The van der Waals surface area contributed by atoms with Gasteiger partial charge in [0.25, 0.3) is 0 Å². The van der Waals surface area contributed by atoms with Gasteiger partial charge in [-0.3, -0.25) is 4.98 Å². The van der Waals surface area contributed by atoms with Gasteiger partial charge in [-0.15, -0.1) is 0 Å². The second-order valence-corrected chi connectivity index (χ2v) is 3.00. The summed E-state index contributed by atoms with van der Waals surface area (Å²) in [7, 11) is 1.93. The maximum atomic E-state index is 4.13. The Bertz CT molecular complexity index is 364. The van der Waals surface area contributed by atoms with Crippen molar-refractivity contribution in [3.63, 3.8) is 0 Å². The third-order valence-electron chi connectivity index (χ3n) is 2.21. The van der Waals surface area contributed by atoms with Crippen molar-refractivity contribution in [2.24, 2.45) is 0 Å². The molecule has 1 aliphatic rings. The van der Waals surface area contributed by atoms with Gasteiger partial charge in [0, 0.05) is 30.7 Å². The molecule has 0 bridgehead atoms. The Morgan fingerprint density at radius 3 is 3.08 bits per heavy atom. The molecule has 13 heavy (non-hydrogen) atoms. The highest BCUT2D eigenvalue weighted by Crippen LogP contribution is 2.27. The summed E-state index contributed by atoms with van der Waals surface area (Å²) in [5, 5.41) is 3.16. The first-order valence-electron chi connectivity index (χ1n) is 4.39. The van der Waals surface area contributed by atoms with Gasteiger partial charge in [-0.2, -0.15) is 0 Å². The van der Waals surface area contributed by atoms with E-state index in [4.69, 9.17) is 0 Å². The molecule has 0 spiro atoms. The summed E-state index contributed by atoms with van der Waals surface area (Å²) >= 11 is 0. The minimum atomic E-state index is 1.01. The molecule has 0 amide bonds. The molecule has 1 aromatic heterocycles. The molecule has 1 aliphatic carbocycles. The Morgan fingerprint density at radius 2 is 2.38 bits per heavy atom. The lowest BCUT2D eigenvalue weighted by molar-refractivity contribution is 1.28. The summed E-state index contributed by atoms with van der Waals surface area (Å²) in [5.41, 5.74) is 3.68. The molecule has 0 saturated carbocycles. The van der Waals surface area contributed by atoms with Crippen molar-refractivity contribution in [1.29, 1.82) is 0 Å². The SMILES string of the molecule is CNc1ccncc1C1=CC=CC1. The largest absolute Gasteiger partial charge is 0.388 e. The Balaban J connectivity index is 2.39. The number of anilines is 1. The van der Waals surface area contributed by atoms with Gasteiger partial charge >= 0.3 is 0 Å². The number of hydrogen-bond acceptors (Lipinski definition) is 2. The highest BCUT2D eigenvalue weighted by atomic mass is 14.8. The van der Waals surface area contributed by atoms with Crippen molar-refractivity contribution in [2.45, 2.75) is 6.42 Å². The quantitative estimate of drug-likeness (QED) is 0.741. The Labute approximate surface area is 78.0 Å². The van der Waals surface area contributed by atoms with Crippen molar-refractivity contribution >= 4 is 11.3 Å². The molecule has 66 valence electrons. The van der Waals surface area contributed by atoms with E-state index < -0.39 is 0 Å². The van der Waals surface area contributed by atoms with E-state index in [1.165, 1.54) is 11.1 Å². The van der Waals surface area contributed by atoms with Crippen molar-refractivity contribution < 1.29 is 0 Å². The Kier molecular flexibility index (Phi) is 2.13. The predicted molar refractivity (Wildman–Crippen MR) is 55.5 cm³/mol. The average Bonchev–Trinajstić information content (AvgIpc) is 2.70. The summed E-state index contributed by atoms with van der Waals surface area (Å²) in [5.74, 6) is 0. The molecule has 0 unspecified atom stereocenters. The van der Waals surface area contributed by atoms with Crippen molar-refractivity contribution in [3.8, 4) is 0 Å². The third-order valence-corrected chi connectivity index (χ3v) is 2.21. The molecule has 2 heteroatoms. The predicted octanol–water partition coefficient (Wildman–Crippen LogP) is 2.47. The highest BCUT2D eigenvalue weighted by molar-refractivity contribution is 5.78. The summed E-state index contributed by atoms with van der Waals surface area (Å²) in [6.07, 6.45) is 11.1. The topological polar surface area (TPSA) is 24.9 Å². The number of hydrogen-bond donors (Lipinski definition) is 1. The molecular weight excluding hydrogens is 160 g/mol. The van der Waals surface area contributed by atoms with E-state index in [-0.39, 0.29) is 0 Å². The minimum absolute atomic E-state index is 1.01. The molecule has 2 nitrogen and oxygen atoms in total. The molecule has 1 heterocycles. The van der Waals surface area contributed by atoms with E-state index in [2.05, 4.69) is 28.5 Å². The van der Waals surface area contributed by atoms with Crippen molar-refractivity contribution in [3.05, 3.63) is 42.3 Å². The first kappa shape index (κ1) is 8.05. The Hall–Kier alpha value is -1.57. The van der Waals surface area contributed by atoms with E-state index in [0.29, 0.717) is 0 Å². The molecule has 0 saturated heterocycles. The van der Waals surface area contributed by atoms with Crippen LogP contribution < -0.4 is 5.32 Å². The summed E-state index contributed by atoms with van der Waals surface area (Å²) in [4.78, 5) is 4.13. The first-order chi connectivity index (χ1) is 6.42. The standard InChI is InChI=1S/C11H12N2/c1-12-11-6-7-13-8-10(11)9-4-2-3-5-9/h2-4,6-8H,5H2,1H3,(H,12,13). The molecule has 1 N–H and O–H groups in total. The fraction of sp³-hybridized carbons (Fsp3) is 0.182. The van der Waals surface area contributed by atoms with Crippen molar-refractivity contribution in [2.75, 3.05) is 12.4 Å². The van der Waals surface area contributed by atoms with Crippen LogP contribution in [0.3, 0.4) is 0 Å². The summed E-state index contributed by atoms with van der Waals surface area (Å²) in [6.45, 7) is 0. The zero-order chi connectivity index (χ0) is 9.10. The minimum Gasteiger partial charge on any atom is -0.388 e. The van der Waals surface area contributed by atoms with Crippen LogP contribution in [0.1, 0.15) is 12.0 Å². The zero-order valence-electron chi connectivity index (χ0n) is 7.62. The van der Waals surface area contributed by atoms with Gasteiger partial charge in [0.15, 0.2) is 0 Å². The highest BCUT2D eigenvalue weighted by Gasteiger charge is 2.06. The van der Waals surface area contributed by atoms with Crippen LogP contribution in [0, 0.1) is 0 Å². The van der Waals surface area contributed by atoms with E-state index >= 15 is 0 Å². The molecule has 0 fully saturated rings. The van der Waals surface area contributed by atoms with Gasteiger partial charge in [-0.25, -0.2) is 0 Å². The number of pyridine rings is 1. The molecule has 0 radical (unpaired) electrons. The molecule has 1 aromatic rings. The molecule has 0 aliphatic heterocycles. The van der Waals surface area contributed by atoms with Crippen LogP contribution >= 0.6 is 0 Å². The van der Waals surface area contributed by atoms with Crippen LogP contribution in [-0.4, -0.2) is 12.0 Å². The molecule has 0 aromatic carbocycles. The molecule has 2 rings (SSSR count). The lowest BCUT2D eigenvalue weighted by Crippen LogP contribution is -1.94. The summed E-state index contributed by atoms with van der Waals surface area (Å²) in [6, 6.07) is 1.99. The van der Waals surface area contributed by atoms with Crippen LogP contribution in [0.2, 0.25) is 0 Å². The van der Waals surface area contributed by atoms with E-state index in [1.54, 1.807) is 6.20 Å². The third kappa shape index (κ3) is 1.47. The van der Waals surface area contributed by atoms with E-state index in [0.717, 1.165) is 12.1 Å². The number of allylic oxidation sites excluding steroid dienone is 4. The molecular formula is C11H12N2. The second-order valence-electron chi connectivity index (χ2n) is 3.00. The molecule has 0 atom stereocenters. The Morgan fingerprint density at radius 1 is 1.46 bits per heavy atom. The van der Waals surface area contributed by atoms with Gasteiger partial charge < -0.3 is 5.32 Å². The van der Waals surface area contributed by atoms with Gasteiger partial charge in [-0.1, -0.05) is 18.2 Å². The maximum absolute atomic E-state index is 4.13. The van der Waals surface area contributed by atoms with Crippen LogP contribution in [0.5, 0.6) is 0 Å². The number of aromatic nitrogens is 1. The normalized spacial score (nSPS) is 14.4.